The number of ketones is 1. The highest BCUT2D eigenvalue weighted by Gasteiger charge is 2.19. The predicted octanol–water partition coefficient (Wildman–Crippen LogP) is 3.18. The number of aromatic nitrogens is 2. The molecule has 27 heavy (non-hydrogen) atoms. The Morgan fingerprint density at radius 3 is 2.67 bits per heavy atom. The summed E-state index contributed by atoms with van der Waals surface area (Å²) in [5.74, 6) is -1.52. The van der Waals surface area contributed by atoms with E-state index >= 15 is 0 Å². The number of carbonyl (C=O) groups excluding carboxylic acids is 2. The van der Waals surface area contributed by atoms with Crippen LogP contribution in [0, 0.1) is 5.82 Å². The van der Waals surface area contributed by atoms with Crippen LogP contribution in [0.2, 0.25) is 0 Å². The molecule has 7 heteroatoms. The van der Waals surface area contributed by atoms with E-state index in [4.69, 9.17) is 9.47 Å². The van der Waals surface area contributed by atoms with Gasteiger partial charge in [0.05, 0.1) is 29.6 Å². The summed E-state index contributed by atoms with van der Waals surface area (Å²) in [4.78, 5) is 24.3. The van der Waals surface area contributed by atoms with Gasteiger partial charge in [-0.15, -0.1) is 0 Å². The summed E-state index contributed by atoms with van der Waals surface area (Å²) in [5, 5.41) is 4.17. The van der Waals surface area contributed by atoms with Crippen LogP contribution in [0.15, 0.2) is 60.9 Å². The highest BCUT2D eigenvalue weighted by atomic mass is 19.1. The Bertz CT molecular complexity index is 954. The summed E-state index contributed by atoms with van der Waals surface area (Å²) in [6.07, 6.45) is 2.95. The van der Waals surface area contributed by atoms with E-state index in [0.29, 0.717) is 0 Å². The number of para-hydroxylation sites is 1. The molecule has 1 aromatic heterocycles. The molecule has 1 heterocycles. The maximum Gasteiger partial charge on any atom is 0.344 e. The molecule has 138 valence electrons. The Morgan fingerprint density at radius 2 is 1.93 bits per heavy atom. The van der Waals surface area contributed by atoms with Gasteiger partial charge >= 0.3 is 5.97 Å². The SMILES string of the molecule is CCOC(=O)COc1ccc(F)cc1C(=O)c1cnn(-c2ccccc2)c1. The van der Waals surface area contributed by atoms with Crippen LogP contribution < -0.4 is 4.74 Å². The van der Waals surface area contributed by atoms with Crippen molar-refractivity contribution in [2.24, 2.45) is 0 Å². The molecule has 0 bridgehead atoms. The minimum atomic E-state index is -0.586. The van der Waals surface area contributed by atoms with E-state index in [2.05, 4.69) is 5.10 Å². The minimum absolute atomic E-state index is 0.00640. The topological polar surface area (TPSA) is 70.4 Å². The molecule has 0 saturated carbocycles. The van der Waals surface area contributed by atoms with E-state index in [0.717, 1.165) is 17.8 Å². The van der Waals surface area contributed by atoms with Crippen LogP contribution in [-0.2, 0) is 9.53 Å². The molecule has 0 N–H and O–H groups in total. The molecule has 0 aliphatic rings. The summed E-state index contributed by atoms with van der Waals surface area (Å²) in [6.45, 7) is 1.52. The molecule has 0 spiro atoms. The average molecular weight is 368 g/mol. The summed E-state index contributed by atoms with van der Waals surface area (Å²) in [7, 11) is 0. The lowest BCUT2D eigenvalue weighted by Gasteiger charge is -2.10. The van der Waals surface area contributed by atoms with Crippen LogP contribution in [-0.4, -0.2) is 34.7 Å². The number of nitrogens with zero attached hydrogens (tertiary/aromatic N) is 2. The van der Waals surface area contributed by atoms with Crippen LogP contribution >= 0.6 is 0 Å². The second kappa shape index (κ2) is 8.27. The van der Waals surface area contributed by atoms with E-state index in [1.807, 2.05) is 30.3 Å². The highest BCUT2D eigenvalue weighted by Crippen LogP contribution is 2.23. The second-order valence-electron chi connectivity index (χ2n) is 5.57. The number of benzene rings is 2. The van der Waals surface area contributed by atoms with Crippen molar-refractivity contribution in [1.29, 1.82) is 0 Å². The molecular formula is C20H17FN2O4. The average Bonchev–Trinajstić information content (AvgIpc) is 3.17. The van der Waals surface area contributed by atoms with Crippen LogP contribution in [0.3, 0.4) is 0 Å². The third-order valence-corrected chi connectivity index (χ3v) is 3.70. The van der Waals surface area contributed by atoms with E-state index in [-0.39, 0.29) is 30.1 Å². The molecule has 0 radical (unpaired) electrons. The van der Waals surface area contributed by atoms with Gasteiger partial charge in [-0.3, -0.25) is 4.79 Å². The molecule has 0 aliphatic heterocycles. The van der Waals surface area contributed by atoms with E-state index < -0.39 is 17.6 Å². The van der Waals surface area contributed by atoms with E-state index in [1.165, 1.54) is 12.3 Å². The van der Waals surface area contributed by atoms with Crippen molar-refractivity contribution in [1.82, 2.24) is 9.78 Å². The van der Waals surface area contributed by atoms with Gasteiger partial charge < -0.3 is 9.47 Å². The largest absolute Gasteiger partial charge is 0.481 e. The summed E-state index contributed by atoms with van der Waals surface area (Å²) < 4.78 is 25.4. The minimum Gasteiger partial charge on any atom is -0.481 e. The lowest BCUT2D eigenvalue weighted by molar-refractivity contribution is -0.145. The molecule has 0 fully saturated rings. The zero-order valence-corrected chi connectivity index (χ0v) is 14.6. The highest BCUT2D eigenvalue weighted by molar-refractivity contribution is 6.10. The fraction of sp³-hybridized carbons (Fsp3) is 0.150. The van der Waals surface area contributed by atoms with Crippen molar-refractivity contribution in [2.75, 3.05) is 13.2 Å². The van der Waals surface area contributed by atoms with Gasteiger partial charge in [-0.05, 0) is 37.3 Å². The molecule has 3 rings (SSSR count). The van der Waals surface area contributed by atoms with Gasteiger partial charge in [-0.2, -0.15) is 5.10 Å². The van der Waals surface area contributed by atoms with Gasteiger partial charge in [-0.1, -0.05) is 18.2 Å². The quantitative estimate of drug-likeness (QED) is 0.473. The predicted molar refractivity (Wildman–Crippen MR) is 95.5 cm³/mol. The number of halogens is 1. The number of esters is 1. The molecule has 2 aromatic carbocycles. The van der Waals surface area contributed by atoms with E-state index in [1.54, 1.807) is 17.8 Å². The smallest absolute Gasteiger partial charge is 0.344 e. The Hall–Kier alpha value is -3.48. The molecule has 0 unspecified atom stereocenters. The molecule has 0 amide bonds. The molecule has 0 aliphatic carbocycles. The first-order chi connectivity index (χ1) is 13.1. The number of ether oxygens (including phenoxy) is 2. The third kappa shape index (κ3) is 4.38. The fourth-order valence-corrected chi connectivity index (χ4v) is 2.46. The Balaban J connectivity index is 1.85. The summed E-state index contributed by atoms with van der Waals surface area (Å²) >= 11 is 0. The van der Waals surface area contributed by atoms with Crippen molar-refractivity contribution in [2.45, 2.75) is 6.92 Å². The van der Waals surface area contributed by atoms with Crippen LogP contribution in [0.4, 0.5) is 4.39 Å². The van der Waals surface area contributed by atoms with Crippen LogP contribution in [0.1, 0.15) is 22.8 Å². The maximum atomic E-state index is 13.7. The number of hydrogen-bond donors (Lipinski definition) is 0. The summed E-state index contributed by atoms with van der Waals surface area (Å²) in [6, 6.07) is 12.8. The molecule has 0 saturated heterocycles. The van der Waals surface area contributed by atoms with Crippen LogP contribution in [0.25, 0.3) is 5.69 Å². The van der Waals surface area contributed by atoms with Gasteiger partial charge in [0.1, 0.15) is 11.6 Å². The second-order valence-corrected chi connectivity index (χ2v) is 5.57. The standard InChI is InChI=1S/C20H17FN2O4/c1-2-26-19(24)13-27-18-9-8-15(21)10-17(18)20(25)14-11-22-23(12-14)16-6-4-3-5-7-16/h3-12H,2,13H2,1H3. The van der Waals surface area contributed by atoms with Crippen molar-refractivity contribution in [3.05, 3.63) is 77.9 Å². The molecular weight excluding hydrogens is 351 g/mol. The first-order valence-corrected chi connectivity index (χ1v) is 8.31. The lowest BCUT2D eigenvalue weighted by Crippen LogP contribution is -2.16. The monoisotopic (exact) mass is 368 g/mol. The molecule has 0 atom stereocenters. The number of hydrogen-bond acceptors (Lipinski definition) is 5. The van der Waals surface area contributed by atoms with Gasteiger partial charge in [-0.25, -0.2) is 13.9 Å². The Kier molecular flexibility index (Phi) is 5.61. The van der Waals surface area contributed by atoms with Gasteiger partial charge in [0, 0.05) is 6.20 Å². The first kappa shape index (κ1) is 18.3. The van der Waals surface area contributed by atoms with Crippen molar-refractivity contribution >= 4 is 11.8 Å². The lowest BCUT2D eigenvalue weighted by atomic mass is 10.1. The third-order valence-electron chi connectivity index (χ3n) is 3.70. The number of carbonyl (C=O) groups is 2. The van der Waals surface area contributed by atoms with Gasteiger partial charge in [0.2, 0.25) is 0 Å². The van der Waals surface area contributed by atoms with Gasteiger partial charge in [0.25, 0.3) is 0 Å². The Labute approximate surface area is 155 Å². The zero-order chi connectivity index (χ0) is 19.2. The van der Waals surface area contributed by atoms with Gasteiger partial charge in [0.15, 0.2) is 12.4 Å². The summed E-state index contributed by atoms with van der Waals surface area (Å²) in [5.41, 5.74) is 1.06. The first-order valence-electron chi connectivity index (χ1n) is 8.31. The maximum absolute atomic E-state index is 13.7. The number of rotatable bonds is 7. The van der Waals surface area contributed by atoms with Crippen molar-refractivity contribution < 1.29 is 23.5 Å². The molecule has 3 aromatic rings. The van der Waals surface area contributed by atoms with E-state index in [9.17, 15) is 14.0 Å². The fourth-order valence-electron chi connectivity index (χ4n) is 2.46. The normalized spacial score (nSPS) is 10.4. The zero-order valence-electron chi connectivity index (χ0n) is 14.6. The Morgan fingerprint density at radius 1 is 1.15 bits per heavy atom. The van der Waals surface area contributed by atoms with Crippen LogP contribution in [0.5, 0.6) is 5.75 Å². The van der Waals surface area contributed by atoms with Crippen molar-refractivity contribution in [3.63, 3.8) is 0 Å². The van der Waals surface area contributed by atoms with Crippen molar-refractivity contribution in [3.8, 4) is 11.4 Å². The molecule has 6 nitrogen and oxygen atoms in total.